The maximum atomic E-state index is 13.2. The molecule has 1 saturated heterocycles. The molecule has 5 nitrogen and oxygen atoms in total. The van der Waals surface area contributed by atoms with E-state index < -0.39 is 17.8 Å². The van der Waals surface area contributed by atoms with Crippen LogP contribution in [0.4, 0.5) is 4.39 Å². The molecule has 0 aromatic heterocycles. The van der Waals surface area contributed by atoms with Crippen LogP contribution >= 0.6 is 0 Å². The van der Waals surface area contributed by atoms with Crippen molar-refractivity contribution in [2.45, 2.75) is 12.2 Å². The number of ether oxygens (including phenoxy) is 2. The van der Waals surface area contributed by atoms with Gasteiger partial charge >= 0.3 is 0 Å². The molecule has 6 heteroatoms. The van der Waals surface area contributed by atoms with Crippen LogP contribution in [0.2, 0.25) is 0 Å². The molecule has 1 fully saturated rings. The van der Waals surface area contributed by atoms with E-state index in [0.29, 0.717) is 11.3 Å². The van der Waals surface area contributed by atoms with Gasteiger partial charge in [-0.1, -0.05) is 18.2 Å². The van der Waals surface area contributed by atoms with Crippen LogP contribution in [0.15, 0.2) is 42.5 Å². The lowest BCUT2D eigenvalue weighted by Crippen LogP contribution is -2.28. The van der Waals surface area contributed by atoms with Crippen LogP contribution in [-0.4, -0.2) is 24.7 Å². The fraction of sp³-hybridized carbons (Fsp3) is 0.167. The number of benzene rings is 2. The van der Waals surface area contributed by atoms with Crippen LogP contribution in [-0.2, 0) is 9.53 Å². The van der Waals surface area contributed by atoms with Crippen molar-refractivity contribution in [3.05, 3.63) is 60.3 Å². The average molecular weight is 325 g/mol. The van der Waals surface area contributed by atoms with E-state index in [0.717, 1.165) is 5.56 Å². The number of hydrogen-bond donors (Lipinski definition) is 1. The Morgan fingerprint density at radius 3 is 2.67 bits per heavy atom. The number of nitrogens with two attached hydrogens (primary N) is 1. The molecule has 2 atom stereocenters. The third-order valence-electron chi connectivity index (χ3n) is 3.66. The van der Waals surface area contributed by atoms with Gasteiger partial charge in [0.05, 0.1) is 18.2 Å². The molecule has 1 aliphatic heterocycles. The topological polar surface area (TPSA) is 85.3 Å². The zero-order valence-electron chi connectivity index (χ0n) is 12.6. The normalized spacial score (nSPS) is 19.7. The van der Waals surface area contributed by atoms with E-state index in [1.54, 1.807) is 36.8 Å². The maximum absolute atomic E-state index is 13.2. The van der Waals surface area contributed by atoms with Crippen LogP contribution in [0.25, 0.3) is 11.1 Å². The second kappa shape index (κ2) is 6.69. The van der Waals surface area contributed by atoms with Crippen molar-refractivity contribution < 1.29 is 18.7 Å². The molecular formula is C18H14FN2O3. The summed E-state index contributed by atoms with van der Waals surface area (Å²) < 4.78 is 24.1. The Bertz CT molecular complexity index is 799. The summed E-state index contributed by atoms with van der Waals surface area (Å²) in [5.74, 6) is -0.401. The van der Waals surface area contributed by atoms with E-state index in [1.165, 1.54) is 12.1 Å². The largest absolute Gasteiger partial charge is 0.488 e. The van der Waals surface area contributed by atoms with E-state index in [1.807, 2.05) is 6.07 Å². The molecule has 0 bridgehead atoms. The summed E-state index contributed by atoms with van der Waals surface area (Å²) in [4.78, 5) is 11.0. The van der Waals surface area contributed by atoms with Gasteiger partial charge in [0.25, 0.3) is 0 Å². The maximum Gasteiger partial charge on any atom is 0.247 e. The molecule has 1 aliphatic rings. The fourth-order valence-electron chi connectivity index (χ4n) is 2.50. The zero-order chi connectivity index (χ0) is 17.1. The highest BCUT2D eigenvalue weighted by Gasteiger charge is 2.31. The van der Waals surface area contributed by atoms with Gasteiger partial charge in [-0.25, -0.2) is 4.39 Å². The van der Waals surface area contributed by atoms with E-state index in [2.05, 4.69) is 0 Å². The highest BCUT2D eigenvalue weighted by molar-refractivity contribution is 5.80. The van der Waals surface area contributed by atoms with Crippen molar-refractivity contribution in [2.75, 3.05) is 6.61 Å². The Kier molecular flexibility index (Phi) is 4.45. The first kappa shape index (κ1) is 16.0. The van der Waals surface area contributed by atoms with Crippen molar-refractivity contribution in [2.24, 2.45) is 5.73 Å². The lowest BCUT2D eigenvalue weighted by atomic mass is 10.0. The third kappa shape index (κ3) is 3.36. The van der Waals surface area contributed by atoms with Crippen LogP contribution in [0.1, 0.15) is 5.56 Å². The predicted octanol–water partition coefficient (Wildman–Crippen LogP) is 2.20. The minimum absolute atomic E-state index is 0.256. The van der Waals surface area contributed by atoms with Crippen molar-refractivity contribution in [1.29, 1.82) is 5.26 Å². The van der Waals surface area contributed by atoms with Crippen molar-refractivity contribution in [1.82, 2.24) is 0 Å². The summed E-state index contributed by atoms with van der Waals surface area (Å²) in [6.07, 6.45) is 0.532. The Hall–Kier alpha value is -2.91. The monoisotopic (exact) mass is 325 g/mol. The molecule has 1 heterocycles. The molecule has 3 rings (SSSR count). The molecule has 121 valence electrons. The summed E-state index contributed by atoms with van der Waals surface area (Å²) >= 11 is 0. The summed E-state index contributed by atoms with van der Waals surface area (Å²) in [5.41, 5.74) is 6.87. The van der Waals surface area contributed by atoms with Crippen LogP contribution < -0.4 is 10.5 Å². The van der Waals surface area contributed by atoms with Gasteiger partial charge in [-0.2, -0.15) is 5.26 Å². The molecule has 2 N–H and O–H groups in total. The molecule has 1 amide bonds. The first-order valence-electron chi connectivity index (χ1n) is 7.29. The van der Waals surface area contributed by atoms with Crippen molar-refractivity contribution in [3.8, 4) is 22.9 Å². The standard InChI is InChI=1S/C18H14FN2O3/c19-13-3-6-16(12(7-13)9-20)11-1-4-14(5-2-11)24-15-8-17(18(21)22)23-10-15/h1-8,15,17H,10H2,(H2,21,22)/t15-,17?/m0/s1. The molecule has 2 aromatic rings. The first-order valence-corrected chi connectivity index (χ1v) is 7.29. The number of nitriles is 1. The van der Waals surface area contributed by atoms with Gasteiger partial charge in [-0.05, 0) is 35.4 Å². The lowest BCUT2D eigenvalue weighted by molar-refractivity contribution is -0.125. The van der Waals surface area contributed by atoms with Gasteiger partial charge < -0.3 is 15.2 Å². The van der Waals surface area contributed by atoms with E-state index in [-0.39, 0.29) is 18.3 Å². The first-order chi connectivity index (χ1) is 11.6. The summed E-state index contributed by atoms with van der Waals surface area (Å²) in [6.45, 7) is 0.256. The van der Waals surface area contributed by atoms with E-state index in [9.17, 15) is 9.18 Å². The molecule has 2 aromatic carbocycles. The molecule has 24 heavy (non-hydrogen) atoms. The van der Waals surface area contributed by atoms with Crippen LogP contribution in [0.5, 0.6) is 5.75 Å². The second-order valence-electron chi connectivity index (χ2n) is 5.33. The number of rotatable bonds is 4. The highest BCUT2D eigenvalue weighted by atomic mass is 19.1. The molecule has 0 spiro atoms. The van der Waals surface area contributed by atoms with Gasteiger partial charge in [0.15, 0.2) is 0 Å². The third-order valence-corrected chi connectivity index (χ3v) is 3.66. The van der Waals surface area contributed by atoms with Crippen LogP contribution in [0, 0.1) is 23.6 Å². The van der Waals surface area contributed by atoms with Gasteiger partial charge in [-0.15, -0.1) is 0 Å². The Morgan fingerprint density at radius 2 is 2.04 bits per heavy atom. The lowest BCUT2D eigenvalue weighted by Gasteiger charge is -2.12. The number of amides is 1. The summed E-state index contributed by atoms with van der Waals surface area (Å²) in [6, 6.07) is 13.1. The minimum Gasteiger partial charge on any atom is -0.488 e. The average Bonchev–Trinajstić information content (AvgIpc) is 3.04. The fourth-order valence-corrected chi connectivity index (χ4v) is 2.50. The predicted molar refractivity (Wildman–Crippen MR) is 84.2 cm³/mol. The van der Waals surface area contributed by atoms with Gasteiger partial charge in [-0.3, -0.25) is 4.79 Å². The van der Waals surface area contributed by atoms with Gasteiger partial charge in [0.1, 0.15) is 23.8 Å². The minimum atomic E-state index is -0.730. The zero-order valence-corrected chi connectivity index (χ0v) is 12.6. The quantitative estimate of drug-likeness (QED) is 0.934. The number of hydrogen-bond acceptors (Lipinski definition) is 4. The summed E-state index contributed by atoms with van der Waals surface area (Å²) in [7, 11) is 0. The van der Waals surface area contributed by atoms with Gasteiger partial charge in [0.2, 0.25) is 5.91 Å². The van der Waals surface area contributed by atoms with E-state index in [4.69, 9.17) is 20.5 Å². The van der Waals surface area contributed by atoms with Crippen molar-refractivity contribution in [3.63, 3.8) is 0 Å². The second-order valence-corrected chi connectivity index (χ2v) is 5.33. The molecular weight excluding hydrogens is 311 g/mol. The van der Waals surface area contributed by atoms with Crippen LogP contribution in [0.3, 0.4) is 0 Å². The van der Waals surface area contributed by atoms with E-state index >= 15 is 0 Å². The molecule has 1 unspecified atom stereocenters. The molecule has 1 radical (unpaired) electrons. The molecule has 0 saturated carbocycles. The van der Waals surface area contributed by atoms with Crippen molar-refractivity contribution >= 4 is 5.91 Å². The Labute approximate surface area is 138 Å². The smallest absolute Gasteiger partial charge is 0.247 e. The number of halogens is 1. The van der Waals surface area contributed by atoms with Gasteiger partial charge in [0, 0.05) is 6.42 Å². The number of primary amides is 1. The SMILES string of the molecule is N#Cc1cc(F)ccc1-c1ccc(O[C@H]2[CH]C(C(N)=O)OC2)cc1. The number of nitrogens with zero attached hydrogens (tertiary/aromatic N) is 1. The Balaban J connectivity index is 1.73. The number of carbonyl (C=O) groups excluding carboxylic acids is 1. The highest BCUT2D eigenvalue weighted by Crippen LogP contribution is 2.27. The summed E-state index contributed by atoms with van der Waals surface area (Å²) in [5, 5.41) is 9.12. The number of carbonyl (C=O) groups is 1. The molecule has 0 aliphatic carbocycles. The Morgan fingerprint density at radius 1 is 1.29 bits per heavy atom.